The fourth-order valence-electron chi connectivity index (χ4n) is 3.66. The molecule has 0 radical (unpaired) electrons. The van der Waals surface area contributed by atoms with Crippen molar-refractivity contribution in [2.45, 2.75) is 12.6 Å². The molecule has 5 rings (SSSR count). The van der Waals surface area contributed by atoms with E-state index in [0.29, 0.717) is 22.5 Å². The summed E-state index contributed by atoms with van der Waals surface area (Å²) in [6.07, 6.45) is 13.3. The lowest BCUT2D eigenvalue weighted by Crippen LogP contribution is -2.24. The Balaban J connectivity index is 1.45. The van der Waals surface area contributed by atoms with Gasteiger partial charge in [0.1, 0.15) is 12.1 Å². The summed E-state index contributed by atoms with van der Waals surface area (Å²) in [5, 5.41) is 3.69. The van der Waals surface area contributed by atoms with Crippen molar-refractivity contribution in [3.63, 3.8) is 0 Å². The normalized spacial score (nSPS) is 20.1. The van der Waals surface area contributed by atoms with Gasteiger partial charge < -0.3 is 5.32 Å². The second kappa shape index (κ2) is 6.56. The van der Waals surface area contributed by atoms with Crippen molar-refractivity contribution in [2.24, 2.45) is 5.92 Å². The van der Waals surface area contributed by atoms with E-state index < -0.39 is 0 Å². The van der Waals surface area contributed by atoms with E-state index in [-0.39, 0.29) is 24.0 Å². The molecule has 1 aromatic carbocycles. The Morgan fingerprint density at radius 1 is 1.18 bits per heavy atom. The molecule has 2 unspecified atom stereocenters. The third kappa shape index (κ3) is 2.83. The van der Waals surface area contributed by atoms with Gasteiger partial charge in [0.2, 0.25) is 0 Å². The van der Waals surface area contributed by atoms with Crippen LogP contribution < -0.4 is 10.9 Å². The third-order valence-electron chi connectivity index (χ3n) is 5.20. The Morgan fingerprint density at radius 3 is 3.00 bits per heavy atom. The molecule has 3 aromatic rings. The second-order valence-corrected chi connectivity index (χ2v) is 6.97. The highest BCUT2D eigenvalue weighted by atomic mass is 19.1. The van der Waals surface area contributed by atoms with Gasteiger partial charge in [-0.25, -0.2) is 14.4 Å². The SMILES string of the molecule is O=c1c2cccnc2ncn1Cc1ccc(C2=CC3C=CNC3C=C2)cc1F. The van der Waals surface area contributed by atoms with Crippen molar-refractivity contribution >= 4 is 16.6 Å². The van der Waals surface area contributed by atoms with Crippen molar-refractivity contribution < 1.29 is 4.39 Å². The summed E-state index contributed by atoms with van der Waals surface area (Å²) in [6.45, 7) is 0.120. The van der Waals surface area contributed by atoms with Crippen molar-refractivity contribution in [1.82, 2.24) is 19.9 Å². The number of aromatic nitrogens is 3. The molecule has 0 spiro atoms. The molecule has 0 bridgehead atoms. The van der Waals surface area contributed by atoms with E-state index >= 15 is 0 Å². The minimum atomic E-state index is -0.341. The van der Waals surface area contributed by atoms with Gasteiger partial charge in [0, 0.05) is 17.7 Å². The molecule has 0 saturated carbocycles. The van der Waals surface area contributed by atoms with Gasteiger partial charge in [0.25, 0.3) is 5.56 Å². The van der Waals surface area contributed by atoms with Gasteiger partial charge in [-0.15, -0.1) is 0 Å². The van der Waals surface area contributed by atoms with Crippen LogP contribution in [-0.2, 0) is 6.54 Å². The lowest BCUT2D eigenvalue weighted by atomic mass is 9.90. The summed E-state index contributed by atoms with van der Waals surface area (Å²) in [5.41, 5.74) is 2.42. The maximum atomic E-state index is 14.8. The number of hydrogen-bond donors (Lipinski definition) is 1. The van der Waals surface area contributed by atoms with Gasteiger partial charge in [-0.3, -0.25) is 9.36 Å². The van der Waals surface area contributed by atoms with Gasteiger partial charge in [-0.2, -0.15) is 0 Å². The number of nitrogens with zero attached hydrogens (tertiary/aromatic N) is 3. The highest BCUT2D eigenvalue weighted by Crippen LogP contribution is 2.29. The standard InChI is InChI=1S/C22H17FN4O/c23-19-11-15(14-5-6-20-16(10-14)7-9-24-20)3-4-17(19)12-27-13-26-21-18(22(27)28)2-1-8-25-21/h1-11,13,16,20,24H,12H2. The number of allylic oxidation sites excluding steroid dienone is 2. The zero-order chi connectivity index (χ0) is 19.1. The number of nitrogens with one attached hydrogen (secondary N) is 1. The summed E-state index contributed by atoms with van der Waals surface area (Å²) in [7, 11) is 0. The minimum absolute atomic E-state index is 0.120. The number of rotatable bonds is 3. The maximum absolute atomic E-state index is 14.8. The first-order valence-electron chi connectivity index (χ1n) is 9.11. The van der Waals surface area contributed by atoms with E-state index in [4.69, 9.17) is 0 Å². The summed E-state index contributed by atoms with van der Waals surface area (Å²) in [4.78, 5) is 20.9. The van der Waals surface area contributed by atoms with Crippen LogP contribution in [0.4, 0.5) is 4.39 Å². The van der Waals surface area contributed by atoms with Crippen molar-refractivity contribution in [2.75, 3.05) is 0 Å². The number of benzene rings is 1. The van der Waals surface area contributed by atoms with Crippen LogP contribution in [0, 0.1) is 11.7 Å². The van der Waals surface area contributed by atoms with Gasteiger partial charge in [0.05, 0.1) is 18.0 Å². The molecular formula is C22H17FN4O. The fraction of sp³-hybridized carbons (Fsp3) is 0.136. The van der Waals surface area contributed by atoms with Crippen LogP contribution in [0.5, 0.6) is 0 Å². The number of hydrogen-bond acceptors (Lipinski definition) is 4. The minimum Gasteiger partial charge on any atom is -0.384 e. The number of halogens is 1. The van der Waals surface area contributed by atoms with Crippen LogP contribution in [0.1, 0.15) is 11.1 Å². The average molecular weight is 372 g/mol. The van der Waals surface area contributed by atoms with E-state index in [1.54, 1.807) is 24.4 Å². The molecule has 6 heteroatoms. The van der Waals surface area contributed by atoms with Crippen LogP contribution in [0.3, 0.4) is 0 Å². The third-order valence-corrected chi connectivity index (χ3v) is 5.20. The Kier molecular flexibility index (Phi) is 3.90. The van der Waals surface area contributed by atoms with Crippen molar-refractivity contribution in [1.29, 1.82) is 0 Å². The highest BCUT2D eigenvalue weighted by Gasteiger charge is 2.22. The predicted octanol–water partition coefficient (Wildman–Crippen LogP) is 3.03. The van der Waals surface area contributed by atoms with Crippen molar-refractivity contribution in [3.8, 4) is 0 Å². The molecule has 0 fully saturated rings. The molecule has 5 nitrogen and oxygen atoms in total. The Morgan fingerprint density at radius 2 is 2.11 bits per heavy atom. The first kappa shape index (κ1) is 16.6. The summed E-state index contributed by atoms with van der Waals surface area (Å²) in [5.74, 6) is -0.0502. The van der Waals surface area contributed by atoms with E-state index in [2.05, 4.69) is 33.5 Å². The van der Waals surface area contributed by atoms with Gasteiger partial charge in [0.15, 0.2) is 5.65 Å². The molecule has 2 aromatic heterocycles. The lowest BCUT2D eigenvalue weighted by Gasteiger charge is -2.19. The molecule has 0 amide bonds. The van der Waals surface area contributed by atoms with Gasteiger partial charge in [-0.05, 0) is 35.5 Å². The molecule has 1 N–H and O–H groups in total. The quantitative estimate of drug-likeness (QED) is 0.768. The second-order valence-electron chi connectivity index (χ2n) is 6.97. The van der Waals surface area contributed by atoms with E-state index in [0.717, 1.165) is 11.1 Å². The molecule has 2 aliphatic rings. The summed E-state index contributed by atoms with van der Waals surface area (Å²) < 4.78 is 16.2. The topological polar surface area (TPSA) is 59.8 Å². The smallest absolute Gasteiger partial charge is 0.263 e. The van der Waals surface area contributed by atoms with Crippen LogP contribution in [0.25, 0.3) is 16.6 Å². The van der Waals surface area contributed by atoms with E-state index in [9.17, 15) is 9.18 Å². The van der Waals surface area contributed by atoms with E-state index in [1.807, 2.05) is 18.3 Å². The molecule has 28 heavy (non-hydrogen) atoms. The molecule has 1 aliphatic carbocycles. The summed E-state index contributed by atoms with van der Waals surface area (Å²) >= 11 is 0. The lowest BCUT2D eigenvalue weighted by molar-refractivity contribution is 0.594. The predicted molar refractivity (Wildman–Crippen MR) is 106 cm³/mol. The number of fused-ring (bicyclic) bond motifs is 2. The maximum Gasteiger partial charge on any atom is 0.263 e. The van der Waals surface area contributed by atoms with Crippen LogP contribution in [-0.4, -0.2) is 20.6 Å². The van der Waals surface area contributed by atoms with Crippen molar-refractivity contribution in [3.05, 3.63) is 101 Å². The zero-order valence-corrected chi connectivity index (χ0v) is 14.9. The highest BCUT2D eigenvalue weighted by molar-refractivity contribution is 5.76. The first-order valence-corrected chi connectivity index (χ1v) is 9.11. The first-order chi connectivity index (χ1) is 13.7. The molecule has 0 saturated heterocycles. The molecule has 138 valence electrons. The van der Waals surface area contributed by atoms with E-state index in [1.165, 1.54) is 17.0 Å². The zero-order valence-electron chi connectivity index (χ0n) is 14.9. The monoisotopic (exact) mass is 372 g/mol. The molecule has 1 aliphatic heterocycles. The fourth-order valence-corrected chi connectivity index (χ4v) is 3.66. The van der Waals surface area contributed by atoms with Crippen LogP contribution >= 0.6 is 0 Å². The summed E-state index contributed by atoms with van der Waals surface area (Å²) in [6, 6.07) is 8.80. The molecule has 3 heterocycles. The Hall–Kier alpha value is -3.54. The Labute approximate surface area is 160 Å². The van der Waals surface area contributed by atoms with Gasteiger partial charge >= 0.3 is 0 Å². The molecule has 2 atom stereocenters. The number of pyridine rings is 1. The van der Waals surface area contributed by atoms with Gasteiger partial charge in [-0.1, -0.05) is 36.4 Å². The largest absolute Gasteiger partial charge is 0.384 e. The Bertz CT molecular complexity index is 1220. The average Bonchev–Trinajstić information content (AvgIpc) is 3.19. The van der Waals surface area contributed by atoms with Crippen LogP contribution in [0.15, 0.2) is 78.2 Å². The van der Waals surface area contributed by atoms with Crippen LogP contribution in [0.2, 0.25) is 0 Å². The molecular weight excluding hydrogens is 355 g/mol.